The summed E-state index contributed by atoms with van der Waals surface area (Å²) in [5.74, 6) is 0.0835. The third kappa shape index (κ3) is 2.62. The second kappa shape index (κ2) is 5.78. The molecule has 20 heavy (non-hydrogen) atoms. The molecule has 2 aromatic rings. The predicted octanol–water partition coefficient (Wildman–Crippen LogP) is 1.47. The van der Waals surface area contributed by atoms with Crippen LogP contribution in [-0.2, 0) is 16.6 Å². The van der Waals surface area contributed by atoms with E-state index in [4.69, 9.17) is 9.84 Å². The maximum absolute atomic E-state index is 12.5. The van der Waals surface area contributed by atoms with Gasteiger partial charge in [0.05, 0.1) is 19.4 Å². The van der Waals surface area contributed by atoms with Crippen LogP contribution in [0.5, 0.6) is 5.88 Å². The Kier molecular flexibility index (Phi) is 4.26. The van der Waals surface area contributed by atoms with E-state index in [0.717, 1.165) is 15.8 Å². The van der Waals surface area contributed by atoms with E-state index < -0.39 is 10.0 Å². The van der Waals surface area contributed by atoms with E-state index in [1.54, 1.807) is 24.3 Å². The molecule has 0 bridgehead atoms. The van der Waals surface area contributed by atoms with Crippen LogP contribution in [0, 0.1) is 0 Å². The van der Waals surface area contributed by atoms with E-state index in [0.29, 0.717) is 11.3 Å². The molecule has 0 unspecified atom stereocenters. The summed E-state index contributed by atoms with van der Waals surface area (Å²) in [4.78, 5) is 0.0295. The van der Waals surface area contributed by atoms with Gasteiger partial charge in [-0.2, -0.15) is 4.37 Å². The smallest absolute Gasteiger partial charge is 0.270 e. The van der Waals surface area contributed by atoms with Crippen molar-refractivity contribution in [2.24, 2.45) is 0 Å². The molecule has 108 valence electrons. The Hall–Kier alpha value is -1.64. The van der Waals surface area contributed by atoms with Crippen molar-refractivity contribution >= 4 is 27.2 Å². The lowest BCUT2D eigenvalue weighted by Gasteiger charge is -2.19. The van der Waals surface area contributed by atoms with Crippen molar-refractivity contribution in [2.75, 3.05) is 18.5 Å². The molecular formula is C12H14N2O4S2. The van der Waals surface area contributed by atoms with E-state index >= 15 is 0 Å². The van der Waals surface area contributed by atoms with Gasteiger partial charge in [0.25, 0.3) is 10.0 Å². The summed E-state index contributed by atoms with van der Waals surface area (Å²) in [6, 6.07) is 6.68. The molecule has 0 fully saturated rings. The van der Waals surface area contributed by atoms with Crippen LogP contribution in [0.25, 0.3) is 0 Å². The van der Waals surface area contributed by atoms with Gasteiger partial charge in [-0.3, -0.25) is 4.31 Å². The Bertz CT molecular complexity index is 697. The van der Waals surface area contributed by atoms with Gasteiger partial charge in [0, 0.05) is 12.4 Å². The highest BCUT2D eigenvalue weighted by Gasteiger charge is 2.27. The minimum absolute atomic E-state index is 0.0295. The predicted molar refractivity (Wildman–Crippen MR) is 76.6 cm³/mol. The van der Waals surface area contributed by atoms with Gasteiger partial charge in [0.2, 0.25) is 5.88 Å². The lowest BCUT2D eigenvalue weighted by Crippen LogP contribution is -2.26. The Morgan fingerprint density at radius 3 is 2.85 bits per heavy atom. The summed E-state index contributed by atoms with van der Waals surface area (Å²) in [7, 11) is -0.919. The number of aliphatic hydroxyl groups excluding tert-OH is 1. The van der Waals surface area contributed by atoms with E-state index in [9.17, 15) is 8.42 Å². The minimum Gasteiger partial charge on any atom is -0.479 e. The van der Waals surface area contributed by atoms with Crippen LogP contribution in [0.1, 0.15) is 5.56 Å². The SMILES string of the molecule is COc1nscc1S(=O)(=O)N(C)c1cccc(CO)c1. The number of sulfonamides is 1. The van der Waals surface area contributed by atoms with E-state index in [-0.39, 0.29) is 17.4 Å². The number of hydrogen-bond donors (Lipinski definition) is 1. The molecular weight excluding hydrogens is 300 g/mol. The number of ether oxygens (including phenoxy) is 1. The standard InChI is InChI=1S/C12H14N2O4S2/c1-14(10-5-3-4-9(6-10)7-15)20(16,17)11-8-19-13-12(11)18-2/h3-6,8,15H,7H2,1-2H3. The monoisotopic (exact) mass is 314 g/mol. The van der Waals surface area contributed by atoms with Crippen LogP contribution >= 0.6 is 11.5 Å². The molecule has 0 amide bonds. The average Bonchev–Trinajstić information content (AvgIpc) is 2.95. The molecule has 1 N–H and O–H groups in total. The number of anilines is 1. The number of aliphatic hydroxyl groups is 1. The van der Waals surface area contributed by atoms with Crippen LogP contribution < -0.4 is 9.04 Å². The highest BCUT2D eigenvalue weighted by atomic mass is 32.2. The zero-order valence-corrected chi connectivity index (χ0v) is 12.6. The van der Waals surface area contributed by atoms with Crippen molar-refractivity contribution in [3.05, 3.63) is 35.2 Å². The summed E-state index contributed by atoms with van der Waals surface area (Å²) in [6.07, 6.45) is 0. The zero-order chi connectivity index (χ0) is 14.8. The largest absolute Gasteiger partial charge is 0.479 e. The third-order valence-corrected chi connectivity index (χ3v) is 5.34. The van der Waals surface area contributed by atoms with Crippen LogP contribution in [0.4, 0.5) is 5.69 Å². The molecule has 0 aliphatic carbocycles. The van der Waals surface area contributed by atoms with Crippen LogP contribution in [-0.4, -0.2) is 32.1 Å². The summed E-state index contributed by atoms with van der Waals surface area (Å²) in [5, 5.41) is 10.5. The normalized spacial score (nSPS) is 11.3. The summed E-state index contributed by atoms with van der Waals surface area (Å²) in [5.41, 5.74) is 1.10. The fourth-order valence-corrected chi connectivity index (χ4v) is 3.89. The Morgan fingerprint density at radius 2 is 2.20 bits per heavy atom. The van der Waals surface area contributed by atoms with Gasteiger partial charge in [-0.25, -0.2) is 8.42 Å². The second-order valence-corrected chi connectivity index (χ2v) is 6.56. The molecule has 2 rings (SSSR count). The van der Waals surface area contributed by atoms with Crippen molar-refractivity contribution in [3.63, 3.8) is 0 Å². The van der Waals surface area contributed by atoms with Gasteiger partial charge >= 0.3 is 0 Å². The molecule has 8 heteroatoms. The Balaban J connectivity index is 2.43. The van der Waals surface area contributed by atoms with E-state index in [2.05, 4.69) is 4.37 Å². The molecule has 1 aromatic carbocycles. The fourth-order valence-electron chi connectivity index (χ4n) is 1.66. The van der Waals surface area contributed by atoms with Crippen molar-refractivity contribution in [3.8, 4) is 5.88 Å². The maximum atomic E-state index is 12.5. The molecule has 6 nitrogen and oxygen atoms in total. The second-order valence-electron chi connectivity index (χ2n) is 3.99. The molecule has 0 spiro atoms. The minimum atomic E-state index is -3.74. The van der Waals surface area contributed by atoms with Gasteiger partial charge < -0.3 is 9.84 Å². The third-order valence-electron chi connectivity index (χ3n) is 2.79. The number of nitrogens with zero attached hydrogens (tertiary/aromatic N) is 2. The molecule has 1 heterocycles. The Morgan fingerprint density at radius 1 is 1.45 bits per heavy atom. The van der Waals surface area contributed by atoms with Crippen molar-refractivity contribution in [1.29, 1.82) is 0 Å². The number of rotatable bonds is 5. The molecule has 0 atom stereocenters. The zero-order valence-electron chi connectivity index (χ0n) is 11.0. The number of benzene rings is 1. The lowest BCUT2D eigenvalue weighted by molar-refractivity contribution is 0.282. The quantitative estimate of drug-likeness (QED) is 0.904. The topological polar surface area (TPSA) is 79.7 Å². The van der Waals surface area contributed by atoms with Crippen LogP contribution in [0.3, 0.4) is 0 Å². The summed E-state index contributed by atoms with van der Waals surface area (Å²) >= 11 is 1.02. The van der Waals surface area contributed by atoms with Gasteiger partial charge in [-0.1, -0.05) is 12.1 Å². The van der Waals surface area contributed by atoms with Gasteiger partial charge in [-0.05, 0) is 29.2 Å². The van der Waals surface area contributed by atoms with Crippen molar-refractivity contribution in [2.45, 2.75) is 11.5 Å². The first-order chi connectivity index (χ1) is 9.50. The Labute approximate surface area is 121 Å². The number of hydrogen-bond acceptors (Lipinski definition) is 6. The van der Waals surface area contributed by atoms with Gasteiger partial charge in [-0.15, -0.1) is 0 Å². The summed E-state index contributed by atoms with van der Waals surface area (Å²) < 4.78 is 35.0. The molecule has 0 aliphatic heterocycles. The molecule has 0 radical (unpaired) electrons. The van der Waals surface area contributed by atoms with Crippen LogP contribution in [0.2, 0.25) is 0 Å². The van der Waals surface area contributed by atoms with E-state index in [1.807, 2.05) is 0 Å². The summed E-state index contributed by atoms with van der Waals surface area (Å²) in [6.45, 7) is -0.148. The molecule has 0 saturated heterocycles. The van der Waals surface area contributed by atoms with Crippen LogP contribution in [0.15, 0.2) is 34.5 Å². The molecule has 1 aromatic heterocycles. The van der Waals surface area contributed by atoms with Gasteiger partial charge in [0.1, 0.15) is 0 Å². The first kappa shape index (κ1) is 14.8. The maximum Gasteiger partial charge on any atom is 0.270 e. The first-order valence-electron chi connectivity index (χ1n) is 5.67. The molecule has 0 aliphatic rings. The van der Waals surface area contributed by atoms with Gasteiger partial charge in [0.15, 0.2) is 4.90 Å². The fraction of sp³-hybridized carbons (Fsp3) is 0.250. The van der Waals surface area contributed by atoms with Crippen molar-refractivity contribution in [1.82, 2.24) is 4.37 Å². The highest BCUT2D eigenvalue weighted by Crippen LogP contribution is 2.29. The number of methoxy groups -OCH3 is 1. The average molecular weight is 314 g/mol. The van der Waals surface area contributed by atoms with E-state index in [1.165, 1.54) is 19.5 Å². The van der Waals surface area contributed by atoms with Crippen molar-refractivity contribution < 1.29 is 18.3 Å². The first-order valence-corrected chi connectivity index (χ1v) is 7.95. The lowest BCUT2D eigenvalue weighted by atomic mass is 10.2. The number of aromatic nitrogens is 1. The molecule has 0 saturated carbocycles. The highest BCUT2D eigenvalue weighted by molar-refractivity contribution is 7.93.